The Morgan fingerprint density at radius 2 is 2.11 bits per heavy atom. The van der Waals surface area contributed by atoms with Crippen LogP contribution in [-0.4, -0.2) is 29.9 Å². The largest absolute Gasteiger partial charge is 0.491 e. The molecule has 1 unspecified atom stereocenters. The van der Waals surface area contributed by atoms with Gasteiger partial charge < -0.3 is 15.2 Å². The third-order valence-electron chi connectivity index (χ3n) is 2.69. The SMILES string of the molecule is Cc1ccc(OCC(C)(CO)NC(C)C)cc1F. The normalized spacial score (nSPS) is 14.6. The number of aliphatic hydroxyl groups is 1. The molecule has 0 aliphatic rings. The third-order valence-corrected chi connectivity index (χ3v) is 2.69. The summed E-state index contributed by atoms with van der Waals surface area (Å²) in [5.74, 6) is 0.193. The van der Waals surface area contributed by atoms with E-state index < -0.39 is 5.54 Å². The molecular weight excluding hydrogens is 233 g/mol. The van der Waals surface area contributed by atoms with Gasteiger partial charge in [0.1, 0.15) is 18.2 Å². The minimum atomic E-state index is -0.532. The van der Waals surface area contributed by atoms with Crippen molar-refractivity contribution in [1.82, 2.24) is 5.32 Å². The molecule has 1 rings (SSSR count). The van der Waals surface area contributed by atoms with Gasteiger partial charge in [-0.15, -0.1) is 0 Å². The molecule has 0 fully saturated rings. The summed E-state index contributed by atoms with van der Waals surface area (Å²) in [6.07, 6.45) is 0. The summed E-state index contributed by atoms with van der Waals surface area (Å²) in [4.78, 5) is 0. The first-order chi connectivity index (χ1) is 8.36. The van der Waals surface area contributed by atoms with E-state index in [0.29, 0.717) is 11.3 Å². The molecule has 0 saturated heterocycles. The first kappa shape index (κ1) is 14.9. The van der Waals surface area contributed by atoms with E-state index >= 15 is 0 Å². The molecule has 1 aromatic carbocycles. The lowest BCUT2D eigenvalue weighted by Gasteiger charge is -2.30. The monoisotopic (exact) mass is 255 g/mol. The van der Waals surface area contributed by atoms with Crippen LogP contribution >= 0.6 is 0 Å². The van der Waals surface area contributed by atoms with Crippen LogP contribution < -0.4 is 10.1 Å². The van der Waals surface area contributed by atoms with Gasteiger partial charge in [0.25, 0.3) is 0 Å². The van der Waals surface area contributed by atoms with Gasteiger partial charge in [0.2, 0.25) is 0 Å². The number of benzene rings is 1. The van der Waals surface area contributed by atoms with E-state index in [0.717, 1.165) is 0 Å². The zero-order valence-corrected chi connectivity index (χ0v) is 11.5. The Morgan fingerprint density at radius 1 is 1.44 bits per heavy atom. The van der Waals surface area contributed by atoms with E-state index in [1.165, 1.54) is 6.07 Å². The molecule has 0 spiro atoms. The topological polar surface area (TPSA) is 41.5 Å². The molecule has 4 heteroatoms. The maximum absolute atomic E-state index is 13.3. The van der Waals surface area contributed by atoms with Crippen LogP contribution in [0.25, 0.3) is 0 Å². The number of halogens is 1. The fourth-order valence-corrected chi connectivity index (χ4v) is 1.74. The van der Waals surface area contributed by atoms with Crippen molar-refractivity contribution in [3.05, 3.63) is 29.6 Å². The van der Waals surface area contributed by atoms with E-state index in [1.807, 2.05) is 20.8 Å². The molecule has 0 amide bonds. The first-order valence-corrected chi connectivity index (χ1v) is 6.14. The summed E-state index contributed by atoms with van der Waals surface area (Å²) in [5.41, 5.74) is 0.0581. The molecule has 18 heavy (non-hydrogen) atoms. The molecule has 1 atom stereocenters. The van der Waals surface area contributed by atoms with Crippen molar-refractivity contribution in [2.24, 2.45) is 0 Å². The van der Waals surface area contributed by atoms with E-state index in [1.54, 1.807) is 19.1 Å². The minimum absolute atomic E-state index is 0.0421. The van der Waals surface area contributed by atoms with Gasteiger partial charge in [-0.2, -0.15) is 0 Å². The van der Waals surface area contributed by atoms with Crippen molar-refractivity contribution in [2.45, 2.75) is 39.3 Å². The van der Waals surface area contributed by atoms with Crippen molar-refractivity contribution < 1.29 is 14.2 Å². The van der Waals surface area contributed by atoms with Crippen LogP contribution in [0.3, 0.4) is 0 Å². The molecule has 2 N–H and O–H groups in total. The maximum atomic E-state index is 13.3. The standard InChI is InChI=1S/C14H22FNO2/c1-10(2)16-14(4,8-17)9-18-12-6-5-11(3)13(15)7-12/h5-7,10,16-17H,8-9H2,1-4H3. The Labute approximate surface area is 108 Å². The molecule has 3 nitrogen and oxygen atoms in total. The second-order valence-electron chi connectivity index (χ2n) is 5.22. The van der Waals surface area contributed by atoms with Crippen LogP contribution in [0.5, 0.6) is 5.75 Å². The second kappa shape index (κ2) is 6.16. The number of rotatable bonds is 6. The van der Waals surface area contributed by atoms with Gasteiger partial charge >= 0.3 is 0 Å². The number of hydrogen-bond donors (Lipinski definition) is 2. The van der Waals surface area contributed by atoms with E-state index in [2.05, 4.69) is 5.32 Å². The Hall–Kier alpha value is -1.13. The van der Waals surface area contributed by atoms with Crippen LogP contribution in [-0.2, 0) is 0 Å². The summed E-state index contributed by atoms with van der Waals surface area (Å²) in [7, 11) is 0. The molecule has 0 aliphatic carbocycles. The number of ether oxygens (including phenoxy) is 1. The van der Waals surface area contributed by atoms with Crippen LogP contribution in [0.1, 0.15) is 26.3 Å². The van der Waals surface area contributed by atoms with Crippen molar-refractivity contribution in [3.8, 4) is 5.75 Å². The molecule has 1 aromatic rings. The average molecular weight is 255 g/mol. The second-order valence-corrected chi connectivity index (χ2v) is 5.22. The number of aliphatic hydroxyl groups excluding tert-OH is 1. The van der Waals surface area contributed by atoms with Crippen molar-refractivity contribution in [3.63, 3.8) is 0 Å². The van der Waals surface area contributed by atoms with Crippen LogP contribution in [0, 0.1) is 12.7 Å². The zero-order chi connectivity index (χ0) is 13.8. The Bertz CT molecular complexity index is 395. The number of nitrogens with one attached hydrogen (secondary N) is 1. The Kier molecular flexibility index (Phi) is 5.11. The molecular formula is C14H22FNO2. The molecule has 0 bridgehead atoms. The number of hydrogen-bond acceptors (Lipinski definition) is 3. The lowest BCUT2D eigenvalue weighted by atomic mass is 10.0. The predicted octanol–water partition coefficient (Wildman–Crippen LogP) is 2.26. The highest BCUT2D eigenvalue weighted by Crippen LogP contribution is 2.17. The fourth-order valence-electron chi connectivity index (χ4n) is 1.74. The average Bonchev–Trinajstić information content (AvgIpc) is 2.30. The molecule has 0 aromatic heterocycles. The molecule has 0 saturated carbocycles. The Balaban J connectivity index is 2.64. The van der Waals surface area contributed by atoms with E-state index in [4.69, 9.17) is 4.74 Å². The number of aryl methyl sites for hydroxylation is 1. The van der Waals surface area contributed by atoms with Gasteiger partial charge in [-0.25, -0.2) is 4.39 Å². The van der Waals surface area contributed by atoms with E-state index in [-0.39, 0.29) is 25.1 Å². The summed E-state index contributed by atoms with van der Waals surface area (Å²) >= 11 is 0. The van der Waals surface area contributed by atoms with Crippen molar-refractivity contribution in [1.29, 1.82) is 0 Å². The van der Waals surface area contributed by atoms with Gasteiger partial charge in [-0.1, -0.05) is 19.9 Å². The van der Waals surface area contributed by atoms with Crippen molar-refractivity contribution in [2.75, 3.05) is 13.2 Å². The smallest absolute Gasteiger partial charge is 0.129 e. The van der Waals surface area contributed by atoms with Crippen LogP contribution in [0.15, 0.2) is 18.2 Å². The third kappa shape index (κ3) is 4.27. The van der Waals surface area contributed by atoms with Gasteiger partial charge in [0, 0.05) is 12.1 Å². The van der Waals surface area contributed by atoms with Gasteiger partial charge in [0.05, 0.1) is 12.1 Å². The molecule has 0 radical (unpaired) electrons. The first-order valence-electron chi connectivity index (χ1n) is 6.14. The highest BCUT2D eigenvalue weighted by Gasteiger charge is 2.25. The van der Waals surface area contributed by atoms with E-state index in [9.17, 15) is 9.50 Å². The zero-order valence-electron chi connectivity index (χ0n) is 11.5. The molecule has 102 valence electrons. The van der Waals surface area contributed by atoms with Gasteiger partial charge in [0.15, 0.2) is 0 Å². The summed E-state index contributed by atoms with van der Waals surface area (Å²) < 4.78 is 18.9. The Morgan fingerprint density at radius 3 is 2.61 bits per heavy atom. The summed E-state index contributed by atoms with van der Waals surface area (Å²) in [5, 5.41) is 12.6. The highest BCUT2D eigenvalue weighted by molar-refractivity contribution is 5.28. The fraction of sp³-hybridized carbons (Fsp3) is 0.571. The maximum Gasteiger partial charge on any atom is 0.129 e. The summed E-state index contributed by atoms with van der Waals surface area (Å²) in [6, 6.07) is 5.01. The van der Waals surface area contributed by atoms with Crippen LogP contribution in [0.4, 0.5) is 4.39 Å². The lowest BCUT2D eigenvalue weighted by Crippen LogP contribution is -2.53. The quantitative estimate of drug-likeness (QED) is 0.819. The highest BCUT2D eigenvalue weighted by atomic mass is 19.1. The molecule has 0 aliphatic heterocycles. The minimum Gasteiger partial charge on any atom is -0.491 e. The lowest BCUT2D eigenvalue weighted by molar-refractivity contribution is 0.108. The van der Waals surface area contributed by atoms with Gasteiger partial charge in [-0.3, -0.25) is 0 Å². The predicted molar refractivity (Wildman–Crippen MR) is 70.4 cm³/mol. The van der Waals surface area contributed by atoms with Crippen LogP contribution in [0.2, 0.25) is 0 Å². The van der Waals surface area contributed by atoms with Crippen molar-refractivity contribution >= 4 is 0 Å². The molecule has 0 heterocycles. The van der Waals surface area contributed by atoms with Gasteiger partial charge in [-0.05, 0) is 25.5 Å². The summed E-state index contributed by atoms with van der Waals surface area (Å²) in [6.45, 7) is 7.82.